The molecular formula is C11H5F10I. The maximum Gasteiger partial charge on any atom is 0.460 e. The number of halogens is 11. The Morgan fingerprint density at radius 2 is 1.23 bits per heavy atom. The van der Waals surface area contributed by atoms with Crippen LogP contribution >= 0.6 is 22.6 Å². The van der Waals surface area contributed by atoms with Crippen LogP contribution in [0.25, 0.3) is 0 Å². The Balaban J connectivity index is 3.36. The first-order valence-electron chi connectivity index (χ1n) is 5.26. The molecule has 0 aromatic heterocycles. The first-order valence-corrected chi connectivity index (χ1v) is 6.34. The molecule has 0 saturated carbocycles. The van der Waals surface area contributed by atoms with Crippen molar-refractivity contribution in [2.45, 2.75) is 30.1 Å². The molecule has 0 radical (unpaired) electrons. The molecule has 0 N–H and O–H groups in total. The van der Waals surface area contributed by atoms with Gasteiger partial charge in [-0.3, -0.25) is 0 Å². The van der Waals surface area contributed by atoms with Gasteiger partial charge >= 0.3 is 23.9 Å². The predicted octanol–water partition coefficient (Wildman–Crippen LogP) is 5.77. The van der Waals surface area contributed by atoms with Gasteiger partial charge in [-0.05, 0) is 28.7 Å². The van der Waals surface area contributed by atoms with E-state index in [9.17, 15) is 43.9 Å². The average Bonchev–Trinajstić information content (AvgIpc) is 2.36. The first-order chi connectivity index (χ1) is 9.68. The van der Waals surface area contributed by atoms with E-state index in [1.54, 1.807) is 0 Å². The molecule has 0 fully saturated rings. The monoisotopic (exact) mass is 454 g/mol. The zero-order chi connectivity index (χ0) is 17.6. The van der Waals surface area contributed by atoms with E-state index >= 15 is 0 Å². The second kappa shape index (κ2) is 5.71. The Morgan fingerprint density at radius 3 is 1.64 bits per heavy atom. The average molecular weight is 454 g/mol. The molecule has 0 aliphatic carbocycles. The van der Waals surface area contributed by atoms with Crippen LogP contribution in [0.1, 0.15) is 11.7 Å². The lowest BCUT2D eigenvalue weighted by atomic mass is 9.95. The molecule has 0 aliphatic heterocycles. The summed E-state index contributed by atoms with van der Waals surface area (Å²) in [6.07, 6.45) is -11.0. The van der Waals surface area contributed by atoms with Gasteiger partial charge in [-0.15, -0.1) is 0 Å². The van der Waals surface area contributed by atoms with Gasteiger partial charge < -0.3 is 0 Å². The minimum absolute atomic E-state index is 0.335. The Bertz CT molecular complexity index is 536. The number of alkyl halides is 10. The van der Waals surface area contributed by atoms with Crippen molar-refractivity contribution >= 4 is 22.6 Å². The largest absolute Gasteiger partial charge is 0.460 e. The smallest absolute Gasteiger partial charge is 0.235 e. The van der Waals surface area contributed by atoms with E-state index < -0.39 is 35.7 Å². The first kappa shape index (κ1) is 19.3. The molecule has 1 unspecified atom stereocenters. The molecule has 0 heterocycles. The topological polar surface area (TPSA) is 0 Å². The van der Waals surface area contributed by atoms with Crippen molar-refractivity contribution in [3.63, 3.8) is 0 Å². The third-order valence-corrected chi connectivity index (χ3v) is 3.65. The van der Waals surface area contributed by atoms with Gasteiger partial charge in [-0.2, -0.15) is 39.5 Å². The van der Waals surface area contributed by atoms with Crippen molar-refractivity contribution in [3.8, 4) is 0 Å². The van der Waals surface area contributed by atoms with Gasteiger partial charge in [0.2, 0.25) is 0 Å². The molecule has 22 heavy (non-hydrogen) atoms. The fourth-order valence-corrected chi connectivity index (χ4v) is 2.08. The van der Waals surface area contributed by atoms with Crippen molar-refractivity contribution in [3.05, 3.63) is 33.4 Å². The third kappa shape index (κ3) is 2.87. The molecule has 126 valence electrons. The van der Waals surface area contributed by atoms with Crippen LogP contribution in [0.4, 0.5) is 43.9 Å². The maximum atomic E-state index is 13.7. The van der Waals surface area contributed by atoms with Gasteiger partial charge in [-0.1, -0.05) is 18.2 Å². The summed E-state index contributed by atoms with van der Waals surface area (Å²) >= 11 is 1.25. The van der Waals surface area contributed by atoms with Crippen molar-refractivity contribution in [2.24, 2.45) is 0 Å². The van der Waals surface area contributed by atoms with Crippen molar-refractivity contribution in [1.29, 1.82) is 0 Å². The van der Waals surface area contributed by atoms with Gasteiger partial charge in [0.1, 0.15) is 0 Å². The molecule has 0 amide bonds. The van der Waals surface area contributed by atoms with Crippen LogP contribution in [0.15, 0.2) is 24.3 Å². The zero-order valence-corrected chi connectivity index (χ0v) is 12.2. The number of hydrogen-bond donors (Lipinski definition) is 0. The highest BCUT2D eigenvalue weighted by atomic mass is 127. The summed E-state index contributed by atoms with van der Waals surface area (Å²) in [7, 11) is 0. The Morgan fingerprint density at radius 1 is 0.773 bits per heavy atom. The van der Waals surface area contributed by atoms with E-state index in [0.717, 1.165) is 12.1 Å². The molecule has 0 saturated heterocycles. The fraction of sp³-hybridized carbons (Fsp3) is 0.455. The number of benzene rings is 1. The summed E-state index contributed by atoms with van der Waals surface area (Å²) in [4.78, 5) is 0. The minimum atomic E-state index is -7.10. The van der Waals surface area contributed by atoms with Gasteiger partial charge in [0.15, 0.2) is 6.17 Å². The van der Waals surface area contributed by atoms with Gasteiger partial charge in [-0.25, -0.2) is 4.39 Å². The molecule has 1 rings (SSSR count). The molecule has 1 aromatic carbocycles. The Hall–Kier alpha value is -0.750. The quantitative estimate of drug-likeness (QED) is 0.401. The summed E-state index contributed by atoms with van der Waals surface area (Å²) in [5, 5.41) is 0. The highest BCUT2D eigenvalue weighted by Crippen LogP contribution is 2.57. The predicted molar refractivity (Wildman–Crippen MR) is 63.9 cm³/mol. The van der Waals surface area contributed by atoms with E-state index in [0.29, 0.717) is 6.07 Å². The molecule has 0 bridgehead atoms. The van der Waals surface area contributed by atoms with E-state index in [1.807, 2.05) is 0 Å². The highest BCUT2D eigenvalue weighted by molar-refractivity contribution is 14.1. The molecule has 1 atom stereocenters. The molecule has 11 heteroatoms. The van der Waals surface area contributed by atoms with Crippen LogP contribution in [-0.2, 0) is 0 Å². The fourth-order valence-electron chi connectivity index (χ4n) is 1.42. The SMILES string of the molecule is FC(c1ccccc1I)C(F)(F)C(F)(F)C(F)(F)C(F)(F)F. The molecule has 0 spiro atoms. The molecule has 0 aliphatic rings. The van der Waals surface area contributed by atoms with Crippen LogP contribution in [-0.4, -0.2) is 23.9 Å². The standard InChI is InChI=1S/C11H5F10I/c12-7(5-3-1-2-4-6(5)22)8(13,14)9(15,16)10(17,18)11(19,20)21/h1-4,7H. The lowest BCUT2D eigenvalue weighted by Gasteiger charge is -2.35. The van der Waals surface area contributed by atoms with E-state index in [-0.39, 0.29) is 3.57 Å². The second-order valence-electron chi connectivity index (χ2n) is 4.15. The van der Waals surface area contributed by atoms with Crippen LogP contribution < -0.4 is 0 Å². The minimum Gasteiger partial charge on any atom is -0.235 e. The summed E-state index contributed by atoms with van der Waals surface area (Å²) < 4.78 is 127. The molecule has 0 nitrogen and oxygen atoms in total. The van der Waals surface area contributed by atoms with Crippen LogP contribution in [0.2, 0.25) is 0 Å². The summed E-state index contributed by atoms with van der Waals surface area (Å²) in [6.45, 7) is 0. The van der Waals surface area contributed by atoms with E-state index in [1.165, 1.54) is 28.7 Å². The second-order valence-corrected chi connectivity index (χ2v) is 5.32. The zero-order valence-electron chi connectivity index (χ0n) is 10.0. The lowest BCUT2D eigenvalue weighted by Crippen LogP contribution is -2.62. The normalized spacial score (nSPS) is 15.8. The Labute approximate surface area is 130 Å². The number of hydrogen-bond acceptors (Lipinski definition) is 0. The summed E-state index contributed by atoms with van der Waals surface area (Å²) in [6, 6.07) is 3.74. The summed E-state index contributed by atoms with van der Waals surface area (Å²) in [5.74, 6) is -20.4. The van der Waals surface area contributed by atoms with Gasteiger partial charge in [0.25, 0.3) is 0 Å². The van der Waals surface area contributed by atoms with Crippen LogP contribution in [0.3, 0.4) is 0 Å². The van der Waals surface area contributed by atoms with Crippen LogP contribution in [0, 0.1) is 3.57 Å². The van der Waals surface area contributed by atoms with Crippen LogP contribution in [0.5, 0.6) is 0 Å². The molecular weight excluding hydrogens is 449 g/mol. The van der Waals surface area contributed by atoms with Gasteiger partial charge in [0.05, 0.1) is 0 Å². The third-order valence-electron chi connectivity index (χ3n) is 2.67. The van der Waals surface area contributed by atoms with Gasteiger partial charge in [0, 0.05) is 9.13 Å². The van der Waals surface area contributed by atoms with Crippen molar-refractivity contribution < 1.29 is 43.9 Å². The highest BCUT2D eigenvalue weighted by Gasteiger charge is 2.83. The summed E-state index contributed by atoms with van der Waals surface area (Å²) in [5.41, 5.74) is -1.12. The van der Waals surface area contributed by atoms with Crippen molar-refractivity contribution in [2.75, 3.05) is 0 Å². The van der Waals surface area contributed by atoms with E-state index in [4.69, 9.17) is 0 Å². The maximum absolute atomic E-state index is 13.7. The van der Waals surface area contributed by atoms with E-state index in [2.05, 4.69) is 0 Å². The Kier molecular flexibility index (Phi) is 5.01. The van der Waals surface area contributed by atoms with Crippen molar-refractivity contribution in [1.82, 2.24) is 0 Å². The molecule has 1 aromatic rings. The lowest BCUT2D eigenvalue weighted by molar-refractivity contribution is -0.403. The number of rotatable bonds is 4.